The van der Waals surface area contributed by atoms with E-state index in [2.05, 4.69) is 56.9 Å². The van der Waals surface area contributed by atoms with Gasteiger partial charge in [-0.2, -0.15) is 0 Å². The van der Waals surface area contributed by atoms with Gasteiger partial charge in [0.2, 0.25) is 5.89 Å². The van der Waals surface area contributed by atoms with Crippen LogP contribution >= 0.6 is 0 Å². The zero-order valence-corrected chi connectivity index (χ0v) is 12.4. The van der Waals surface area contributed by atoms with E-state index in [0.717, 1.165) is 17.7 Å². The first kappa shape index (κ1) is 13.9. The minimum Gasteiger partial charge on any atom is -0.444 e. The molecule has 19 heavy (non-hydrogen) atoms. The smallest absolute Gasteiger partial charge is 0.226 e. The zero-order chi connectivity index (χ0) is 13.9. The molecule has 0 fully saturated rings. The lowest BCUT2D eigenvalue weighted by atomic mass is 9.93. The van der Waals surface area contributed by atoms with Crippen LogP contribution < -0.4 is 0 Å². The fourth-order valence-corrected chi connectivity index (χ4v) is 1.95. The largest absolute Gasteiger partial charge is 0.444 e. The van der Waals surface area contributed by atoms with Crippen LogP contribution in [0.25, 0.3) is 11.5 Å². The van der Waals surface area contributed by atoms with Crippen LogP contribution in [0.5, 0.6) is 0 Å². The molecule has 0 bridgehead atoms. The van der Waals surface area contributed by atoms with E-state index in [0.29, 0.717) is 5.89 Å². The Morgan fingerprint density at radius 1 is 1.11 bits per heavy atom. The average Bonchev–Trinajstić information content (AvgIpc) is 2.86. The highest BCUT2D eigenvalue weighted by atomic mass is 16.3. The van der Waals surface area contributed by atoms with Crippen LogP contribution in [0.4, 0.5) is 0 Å². The molecular weight excluding hydrogens is 234 g/mol. The molecule has 0 N–H and O–H groups in total. The van der Waals surface area contributed by atoms with Gasteiger partial charge in [0.05, 0.1) is 5.69 Å². The minimum atomic E-state index is 0.0306. The van der Waals surface area contributed by atoms with Gasteiger partial charge in [-0.1, -0.05) is 46.2 Å². The van der Waals surface area contributed by atoms with Crippen molar-refractivity contribution in [1.82, 2.24) is 4.98 Å². The molecule has 0 spiro atoms. The number of hydrogen-bond donors (Lipinski definition) is 0. The first-order valence-corrected chi connectivity index (χ1v) is 7.06. The zero-order valence-electron chi connectivity index (χ0n) is 12.4. The molecule has 2 rings (SSSR count). The predicted molar refractivity (Wildman–Crippen MR) is 79.3 cm³/mol. The average molecular weight is 257 g/mol. The maximum atomic E-state index is 5.59. The van der Waals surface area contributed by atoms with Gasteiger partial charge in [0, 0.05) is 11.0 Å². The van der Waals surface area contributed by atoms with Crippen molar-refractivity contribution in [2.24, 2.45) is 0 Å². The summed E-state index contributed by atoms with van der Waals surface area (Å²) in [4.78, 5) is 4.58. The number of aromatic nitrogens is 1. The lowest BCUT2D eigenvalue weighted by Gasteiger charge is -2.12. The van der Waals surface area contributed by atoms with E-state index in [1.165, 1.54) is 18.4 Å². The highest BCUT2D eigenvalue weighted by Crippen LogP contribution is 2.26. The summed E-state index contributed by atoms with van der Waals surface area (Å²) in [6.45, 7) is 8.64. The summed E-state index contributed by atoms with van der Waals surface area (Å²) in [6.07, 6.45) is 5.39. The molecule has 0 radical (unpaired) electrons. The SMILES string of the molecule is CCCCc1ccc(-c2nc(C(C)(C)C)co2)cc1. The molecular formula is C17H23NO. The molecule has 2 heteroatoms. The summed E-state index contributed by atoms with van der Waals surface area (Å²) in [5, 5.41) is 0. The van der Waals surface area contributed by atoms with Gasteiger partial charge < -0.3 is 4.42 Å². The summed E-state index contributed by atoms with van der Waals surface area (Å²) < 4.78 is 5.59. The Morgan fingerprint density at radius 3 is 2.32 bits per heavy atom. The molecule has 1 aromatic heterocycles. The molecule has 0 aliphatic rings. The topological polar surface area (TPSA) is 26.0 Å². The third-order valence-corrected chi connectivity index (χ3v) is 3.29. The Balaban J connectivity index is 2.16. The molecule has 2 nitrogen and oxygen atoms in total. The lowest BCUT2D eigenvalue weighted by molar-refractivity contribution is 0.544. The van der Waals surface area contributed by atoms with E-state index in [1.54, 1.807) is 6.26 Å². The predicted octanol–water partition coefficient (Wildman–Crippen LogP) is 4.98. The van der Waals surface area contributed by atoms with Crippen LogP contribution in [0, 0.1) is 0 Å². The molecule has 1 aromatic carbocycles. The van der Waals surface area contributed by atoms with Crippen molar-refractivity contribution < 1.29 is 4.42 Å². The summed E-state index contributed by atoms with van der Waals surface area (Å²) in [5.74, 6) is 0.715. The number of nitrogens with zero attached hydrogens (tertiary/aromatic N) is 1. The quantitative estimate of drug-likeness (QED) is 0.772. The van der Waals surface area contributed by atoms with Crippen LogP contribution in [-0.2, 0) is 11.8 Å². The third-order valence-electron chi connectivity index (χ3n) is 3.29. The molecule has 0 aliphatic carbocycles. The Morgan fingerprint density at radius 2 is 1.79 bits per heavy atom. The normalized spacial score (nSPS) is 11.8. The summed E-state index contributed by atoms with van der Waals surface area (Å²) in [5.41, 5.74) is 3.46. The molecule has 0 saturated carbocycles. The molecule has 0 aliphatic heterocycles. The second-order valence-corrected chi connectivity index (χ2v) is 6.09. The monoisotopic (exact) mass is 257 g/mol. The molecule has 2 aromatic rings. The summed E-state index contributed by atoms with van der Waals surface area (Å²) in [7, 11) is 0. The lowest BCUT2D eigenvalue weighted by Crippen LogP contribution is -2.11. The van der Waals surface area contributed by atoms with Crippen LogP contribution in [0.1, 0.15) is 51.8 Å². The molecule has 0 amide bonds. The van der Waals surface area contributed by atoms with Crippen molar-refractivity contribution in [3.8, 4) is 11.5 Å². The summed E-state index contributed by atoms with van der Waals surface area (Å²) >= 11 is 0. The van der Waals surface area contributed by atoms with E-state index in [-0.39, 0.29) is 5.41 Å². The van der Waals surface area contributed by atoms with Crippen molar-refractivity contribution in [2.45, 2.75) is 52.4 Å². The van der Waals surface area contributed by atoms with Crippen molar-refractivity contribution in [2.75, 3.05) is 0 Å². The second-order valence-electron chi connectivity index (χ2n) is 6.09. The van der Waals surface area contributed by atoms with Gasteiger partial charge in [0.25, 0.3) is 0 Å². The Bertz CT molecular complexity index is 517. The number of unbranched alkanes of at least 4 members (excludes halogenated alkanes) is 1. The number of oxazole rings is 1. The van der Waals surface area contributed by atoms with Gasteiger partial charge >= 0.3 is 0 Å². The second kappa shape index (κ2) is 5.60. The molecule has 0 atom stereocenters. The van der Waals surface area contributed by atoms with Crippen LogP contribution in [0.2, 0.25) is 0 Å². The van der Waals surface area contributed by atoms with Gasteiger partial charge in [-0.25, -0.2) is 4.98 Å². The van der Waals surface area contributed by atoms with Crippen LogP contribution in [0.3, 0.4) is 0 Å². The highest BCUT2D eigenvalue weighted by Gasteiger charge is 2.19. The van der Waals surface area contributed by atoms with E-state index < -0.39 is 0 Å². The van der Waals surface area contributed by atoms with Gasteiger partial charge in [-0.3, -0.25) is 0 Å². The highest BCUT2D eigenvalue weighted by molar-refractivity contribution is 5.54. The van der Waals surface area contributed by atoms with Gasteiger partial charge in [0.15, 0.2) is 0 Å². The van der Waals surface area contributed by atoms with Gasteiger partial charge in [-0.15, -0.1) is 0 Å². The van der Waals surface area contributed by atoms with E-state index >= 15 is 0 Å². The Hall–Kier alpha value is -1.57. The fourth-order valence-electron chi connectivity index (χ4n) is 1.95. The minimum absolute atomic E-state index is 0.0306. The number of aryl methyl sites for hydroxylation is 1. The maximum Gasteiger partial charge on any atom is 0.226 e. The Kier molecular flexibility index (Phi) is 4.08. The van der Waals surface area contributed by atoms with Crippen molar-refractivity contribution in [3.05, 3.63) is 41.8 Å². The van der Waals surface area contributed by atoms with Crippen LogP contribution in [0.15, 0.2) is 34.9 Å². The van der Waals surface area contributed by atoms with Crippen molar-refractivity contribution in [3.63, 3.8) is 0 Å². The van der Waals surface area contributed by atoms with E-state index in [4.69, 9.17) is 4.42 Å². The number of benzene rings is 1. The Labute approximate surface area is 115 Å². The van der Waals surface area contributed by atoms with E-state index in [9.17, 15) is 0 Å². The molecule has 102 valence electrons. The van der Waals surface area contributed by atoms with E-state index in [1.807, 2.05) is 0 Å². The molecule has 1 heterocycles. The first-order valence-electron chi connectivity index (χ1n) is 7.06. The first-order chi connectivity index (χ1) is 9.00. The maximum absolute atomic E-state index is 5.59. The summed E-state index contributed by atoms with van der Waals surface area (Å²) in [6, 6.07) is 8.55. The number of rotatable bonds is 4. The molecule has 0 unspecified atom stereocenters. The fraction of sp³-hybridized carbons (Fsp3) is 0.471. The third kappa shape index (κ3) is 3.46. The van der Waals surface area contributed by atoms with Gasteiger partial charge in [-0.05, 0) is 30.5 Å². The van der Waals surface area contributed by atoms with Gasteiger partial charge in [0.1, 0.15) is 6.26 Å². The molecule has 0 saturated heterocycles. The van der Waals surface area contributed by atoms with Crippen molar-refractivity contribution in [1.29, 1.82) is 0 Å². The van der Waals surface area contributed by atoms with Crippen molar-refractivity contribution >= 4 is 0 Å². The number of hydrogen-bond acceptors (Lipinski definition) is 2. The standard InChI is InChI=1S/C17H23NO/c1-5-6-7-13-8-10-14(11-9-13)16-18-15(12-19-16)17(2,3)4/h8-12H,5-7H2,1-4H3. The van der Waals surface area contributed by atoms with Crippen LogP contribution in [-0.4, -0.2) is 4.98 Å².